The largest absolute Gasteiger partial charge is 0.471 e. The van der Waals surface area contributed by atoms with Gasteiger partial charge in [-0.1, -0.05) is 34.1 Å². The molecular weight excluding hydrogens is 572 g/mol. The van der Waals surface area contributed by atoms with Gasteiger partial charge in [-0.05, 0) is 49.4 Å². The first-order valence-electron chi connectivity index (χ1n) is 11.5. The lowest BCUT2D eigenvalue weighted by atomic mass is 10.2. The van der Waals surface area contributed by atoms with Gasteiger partial charge in [-0.15, -0.1) is 0 Å². The van der Waals surface area contributed by atoms with Gasteiger partial charge in [0.05, 0.1) is 29.2 Å². The van der Waals surface area contributed by atoms with Gasteiger partial charge in [-0.2, -0.15) is 9.78 Å². The van der Waals surface area contributed by atoms with Gasteiger partial charge in [0.2, 0.25) is 11.6 Å². The van der Waals surface area contributed by atoms with E-state index in [4.69, 9.17) is 9.15 Å². The highest BCUT2D eigenvalue weighted by atomic mass is 79.9. The first kappa shape index (κ1) is 25.8. The molecule has 0 spiro atoms. The van der Waals surface area contributed by atoms with Crippen molar-refractivity contribution in [1.82, 2.24) is 9.66 Å². The number of benzene rings is 3. The summed E-state index contributed by atoms with van der Waals surface area (Å²) in [6.45, 7) is 1.40. The monoisotopic (exact) mass is 590 g/mol. The molecule has 2 aromatic heterocycles. The maximum absolute atomic E-state index is 13.5. The van der Waals surface area contributed by atoms with Crippen LogP contribution in [0.5, 0.6) is 5.75 Å². The third-order valence-electron chi connectivity index (χ3n) is 5.81. The molecule has 39 heavy (non-hydrogen) atoms. The van der Waals surface area contributed by atoms with Crippen molar-refractivity contribution in [3.63, 3.8) is 0 Å². The molecule has 1 atom stereocenters. The second-order valence-corrected chi connectivity index (χ2v) is 9.26. The molecule has 0 unspecified atom stereocenters. The molecule has 0 radical (unpaired) electrons. The van der Waals surface area contributed by atoms with Gasteiger partial charge < -0.3 is 13.9 Å². The number of ether oxygens (including phenoxy) is 2. The van der Waals surface area contributed by atoms with E-state index in [1.54, 1.807) is 36.4 Å². The van der Waals surface area contributed by atoms with Gasteiger partial charge in [-0.3, -0.25) is 14.9 Å². The summed E-state index contributed by atoms with van der Waals surface area (Å²) in [7, 11) is 1.18. The number of carbonyl (C=O) groups excluding carboxylic acids is 1. The minimum Gasteiger partial charge on any atom is -0.471 e. The predicted octanol–water partition coefficient (Wildman–Crippen LogP) is 5.30. The Morgan fingerprint density at radius 3 is 2.74 bits per heavy atom. The first-order valence-corrected chi connectivity index (χ1v) is 12.3. The normalized spacial score (nSPS) is 12.2. The Labute approximate surface area is 228 Å². The number of aromatic nitrogens is 2. The summed E-state index contributed by atoms with van der Waals surface area (Å²) in [5.74, 6) is -0.512. The Morgan fingerprint density at radius 1 is 1.18 bits per heavy atom. The molecule has 0 bridgehead atoms. The van der Waals surface area contributed by atoms with Crippen molar-refractivity contribution in [2.45, 2.75) is 13.0 Å². The van der Waals surface area contributed by atoms with Crippen molar-refractivity contribution < 1.29 is 23.6 Å². The van der Waals surface area contributed by atoms with Crippen LogP contribution in [0, 0.1) is 10.1 Å². The van der Waals surface area contributed by atoms with Gasteiger partial charge in [-0.25, -0.2) is 9.78 Å². The number of fused-ring (bicyclic) bond motifs is 2. The Balaban J connectivity index is 1.69. The zero-order chi connectivity index (χ0) is 27.7. The molecule has 2 heterocycles. The standard InChI is InChI=1S/C27H19BrN4O7/c1-15(27(34)37-2)38-24-16(6-5-9-21(24)32(35)36)14-29-31-25(30-20-8-4-3-7-19(20)26(31)33)23-13-17-12-18(28)10-11-22(17)39-23/h3-15H,1-2H3/t15-/m0/s1. The number of rotatable bonds is 7. The number of carbonyl (C=O) groups is 1. The third-order valence-corrected chi connectivity index (χ3v) is 6.31. The maximum Gasteiger partial charge on any atom is 0.346 e. The Kier molecular flexibility index (Phi) is 6.94. The summed E-state index contributed by atoms with van der Waals surface area (Å²) in [4.78, 5) is 41.2. The SMILES string of the molecule is COC(=O)[C@H](C)Oc1c(C=Nn2c(-c3cc4cc(Br)ccc4o3)nc3ccccc3c2=O)cccc1[N+](=O)[O-]. The maximum atomic E-state index is 13.5. The van der Waals surface area contributed by atoms with Crippen LogP contribution in [0.3, 0.4) is 0 Å². The smallest absolute Gasteiger partial charge is 0.346 e. The number of methoxy groups -OCH3 is 1. The molecule has 0 saturated carbocycles. The average Bonchev–Trinajstić information content (AvgIpc) is 3.35. The van der Waals surface area contributed by atoms with Crippen molar-refractivity contribution in [2.24, 2.45) is 5.10 Å². The van der Waals surface area contributed by atoms with E-state index in [1.165, 1.54) is 38.4 Å². The summed E-state index contributed by atoms with van der Waals surface area (Å²) >= 11 is 3.44. The van der Waals surface area contributed by atoms with E-state index < -0.39 is 22.6 Å². The zero-order valence-corrected chi connectivity index (χ0v) is 22.1. The third kappa shape index (κ3) is 5.01. The van der Waals surface area contributed by atoms with Crippen LogP contribution >= 0.6 is 15.9 Å². The lowest BCUT2D eigenvalue weighted by molar-refractivity contribution is -0.386. The number of hydrogen-bond donors (Lipinski definition) is 0. The summed E-state index contributed by atoms with van der Waals surface area (Å²) in [5.41, 5.74) is 0.305. The molecule has 0 saturated heterocycles. The molecule has 12 heteroatoms. The van der Waals surface area contributed by atoms with Crippen molar-refractivity contribution >= 4 is 55.7 Å². The van der Waals surface area contributed by atoms with Crippen molar-refractivity contribution in [3.8, 4) is 17.3 Å². The van der Waals surface area contributed by atoms with E-state index in [0.717, 1.165) is 14.5 Å². The summed E-state index contributed by atoms with van der Waals surface area (Å²) in [6.07, 6.45) is 0.0890. The van der Waals surface area contributed by atoms with Crippen LogP contribution in [0.15, 0.2) is 85.5 Å². The van der Waals surface area contributed by atoms with E-state index in [9.17, 15) is 19.7 Å². The Morgan fingerprint density at radius 2 is 1.97 bits per heavy atom. The van der Waals surface area contributed by atoms with Crippen molar-refractivity contribution in [1.29, 1.82) is 0 Å². The summed E-state index contributed by atoms with van der Waals surface area (Å²) in [6, 6.07) is 18.2. The molecule has 0 fully saturated rings. The lowest BCUT2D eigenvalue weighted by Crippen LogP contribution is -2.25. The lowest BCUT2D eigenvalue weighted by Gasteiger charge is -2.14. The highest BCUT2D eigenvalue weighted by Gasteiger charge is 2.24. The predicted molar refractivity (Wildman–Crippen MR) is 147 cm³/mol. The average molecular weight is 591 g/mol. The molecule has 0 aliphatic heterocycles. The minimum atomic E-state index is -1.14. The number of para-hydroxylation sites is 2. The number of halogens is 1. The molecule has 3 aromatic carbocycles. The summed E-state index contributed by atoms with van der Waals surface area (Å²) in [5, 5.41) is 17.1. The molecule has 196 valence electrons. The molecule has 5 aromatic rings. The topological polar surface area (TPSA) is 139 Å². The van der Waals surface area contributed by atoms with Gasteiger partial charge in [0.1, 0.15) is 5.58 Å². The molecule has 0 aliphatic rings. The van der Waals surface area contributed by atoms with Gasteiger partial charge in [0.25, 0.3) is 5.56 Å². The number of esters is 1. The molecule has 0 aliphatic carbocycles. The number of nitrogens with zero attached hydrogens (tertiary/aromatic N) is 4. The van der Waals surface area contributed by atoms with Crippen LogP contribution in [0.4, 0.5) is 5.69 Å². The van der Waals surface area contributed by atoms with E-state index in [-0.39, 0.29) is 28.6 Å². The van der Waals surface area contributed by atoms with E-state index >= 15 is 0 Å². The number of nitro groups is 1. The van der Waals surface area contributed by atoms with E-state index in [0.29, 0.717) is 16.5 Å². The molecule has 0 amide bonds. The molecular formula is C27H19BrN4O7. The van der Waals surface area contributed by atoms with Crippen LogP contribution in [0.2, 0.25) is 0 Å². The highest BCUT2D eigenvalue weighted by Crippen LogP contribution is 2.32. The van der Waals surface area contributed by atoms with Crippen LogP contribution < -0.4 is 10.3 Å². The summed E-state index contributed by atoms with van der Waals surface area (Å²) < 4.78 is 18.2. The van der Waals surface area contributed by atoms with Crippen LogP contribution in [0.1, 0.15) is 12.5 Å². The zero-order valence-electron chi connectivity index (χ0n) is 20.5. The second-order valence-electron chi connectivity index (χ2n) is 8.34. The Bertz CT molecular complexity index is 1840. The fourth-order valence-electron chi connectivity index (χ4n) is 3.94. The van der Waals surface area contributed by atoms with Crippen molar-refractivity contribution in [3.05, 3.63) is 97.2 Å². The van der Waals surface area contributed by atoms with Gasteiger partial charge >= 0.3 is 11.7 Å². The van der Waals surface area contributed by atoms with Crippen LogP contribution in [-0.4, -0.2) is 40.0 Å². The quantitative estimate of drug-likeness (QED) is 0.108. The van der Waals surface area contributed by atoms with Crippen LogP contribution in [0.25, 0.3) is 33.5 Å². The number of hydrogen-bond acceptors (Lipinski definition) is 9. The molecule has 11 nitrogen and oxygen atoms in total. The molecule has 0 N–H and O–H groups in total. The van der Waals surface area contributed by atoms with Crippen LogP contribution in [-0.2, 0) is 9.53 Å². The Hall–Kier alpha value is -4.84. The van der Waals surface area contributed by atoms with Gasteiger partial charge in [0, 0.05) is 21.5 Å². The number of nitro benzene ring substituents is 1. The fraction of sp³-hybridized carbons (Fsp3) is 0.111. The van der Waals surface area contributed by atoms with E-state index in [2.05, 4.69) is 30.8 Å². The molecule has 5 rings (SSSR count). The van der Waals surface area contributed by atoms with Gasteiger partial charge in [0.15, 0.2) is 11.9 Å². The number of furan rings is 1. The van der Waals surface area contributed by atoms with Crippen molar-refractivity contribution in [2.75, 3.05) is 7.11 Å². The fourth-order valence-corrected chi connectivity index (χ4v) is 4.32. The van der Waals surface area contributed by atoms with E-state index in [1.807, 2.05) is 12.1 Å². The first-order chi connectivity index (χ1) is 18.8. The second kappa shape index (κ2) is 10.5. The highest BCUT2D eigenvalue weighted by molar-refractivity contribution is 9.10. The minimum absolute atomic E-state index is 0.123.